The van der Waals surface area contributed by atoms with Gasteiger partial charge in [0.1, 0.15) is 0 Å². The van der Waals surface area contributed by atoms with E-state index in [1.54, 1.807) is 0 Å². The first-order valence-corrected chi connectivity index (χ1v) is 8.32. The maximum absolute atomic E-state index is 12.7. The van der Waals surface area contributed by atoms with Crippen LogP contribution in [-0.4, -0.2) is 22.0 Å². The summed E-state index contributed by atoms with van der Waals surface area (Å²) in [7, 11) is 0. The van der Waals surface area contributed by atoms with Crippen molar-refractivity contribution in [3.8, 4) is 0 Å². The molecule has 2 aromatic rings. The molecule has 2 heterocycles. The van der Waals surface area contributed by atoms with Gasteiger partial charge in [0, 0.05) is 31.0 Å². The number of nitrogens with one attached hydrogen (secondary N) is 1. The van der Waals surface area contributed by atoms with Gasteiger partial charge in [-0.3, -0.25) is 0 Å². The highest BCUT2D eigenvalue weighted by molar-refractivity contribution is 5.75. The van der Waals surface area contributed by atoms with Crippen molar-refractivity contribution in [2.75, 3.05) is 6.54 Å². The van der Waals surface area contributed by atoms with Crippen molar-refractivity contribution in [2.45, 2.75) is 39.9 Å². The lowest BCUT2D eigenvalue weighted by Crippen LogP contribution is -2.48. The van der Waals surface area contributed by atoms with Gasteiger partial charge in [-0.2, -0.15) is 0 Å². The van der Waals surface area contributed by atoms with Gasteiger partial charge in [-0.1, -0.05) is 44.2 Å². The van der Waals surface area contributed by atoms with Crippen LogP contribution in [0.1, 0.15) is 36.8 Å². The van der Waals surface area contributed by atoms with Gasteiger partial charge >= 0.3 is 6.03 Å². The number of rotatable bonds is 3. The highest BCUT2D eigenvalue weighted by atomic mass is 16.2. The first-order valence-electron chi connectivity index (χ1n) is 8.32. The minimum absolute atomic E-state index is 0.0256. The van der Waals surface area contributed by atoms with E-state index in [2.05, 4.69) is 42.8 Å². The van der Waals surface area contributed by atoms with Crippen molar-refractivity contribution in [3.63, 3.8) is 0 Å². The molecule has 0 fully saturated rings. The predicted octanol–water partition coefficient (Wildman–Crippen LogP) is 3.72. The summed E-state index contributed by atoms with van der Waals surface area (Å²) in [6.07, 6.45) is 0. The van der Waals surface area contributed by atoms with E-state index in [4.69, 9.17) is 0 Å². The molecule has 1 aliphatic heterocycles. The van der Waals surface area contributed by atoms with Gasteiger partial charge in [0.25, 0.3) is 0 Å². The number of aromatic nitrogens is 1. The van der Waals surface area contributed by atoms with Crippen molar-refractivity contribution in [3.05, 3.63) is 59.4 Å². The van der Waals surface area contributed by atoms with Crippen LogP contribution in [0.3, 0.4) is 0 Å². The van der Waals surface area contributed by atoms with Crippen molar-refractivity contribution >= 4 is 6.03 Å². The normalized spacial score (nSPS) is 17.2. The number of nitrogens with zero attached hydrogens (tertiary/aromatic N) is 2. The second-order valence-corrected chi connectivity index (χ2v) is 6.58. The van der Waals surface area contributed by atoms with E-state index < -0.39 is 0 Å². The van der Waals surface area contributed by atoms with E-state index in [-0.39, 0.29) is 12.1 Å². The van der Waals surface area contributed by atoms with Crippen molar-refractivity contribution in [2.24, 2.45) is 5.92 Å². The molecule has 122 valence electrons. The van der Waals surface area contributed by atoms with Gasteiger partial charge < -0.3 is 14.8 Å². The van der Waals surface area contributed by atoms with Crippen LogP contribution in [0.5, 0.6) is 0 Å². The molecule has 0 saturated carbocycles. The minimum Gasteiger partial charge on any atom is -0.345 e. The fourth-order valence-electron chi connectivity index (χ4n) is 3.46. The SMILES string of the molecule is Cc1ccc2n1CCN(C(=O)NCc1ccccc1)C2C(C)C. The molecule has 1 aromatic carbocycles. The predicted molar refractivity (Wildman–Crippen MR) is 92.1 cm³/mol. The molecule has 0 radical (unpaired) electrons. The lowest BCUT2D eigenvalue weighted by atomic mass is 9.97. The van der Waals surface area contributed by atoms with Crippen LogP contribution in [0.4, 0.5) is 4.79 Å². The van der Waals surface area contributed by atoms with Gasteiger partial charge in [0.05, 0.1) is 6.04 Å². The van der Waals surface area contributed by atoms with E-state index in [0.717, 1.165) is 18.7 Å². The quantitative estimate of drug-likeness (QED) is 0.921. The first kappa shape index (κ1) is 15.7. The van der Waals surface area contributed by atoms with Crippen LogP contribution >= 0.6 is 0 Å². The molecule has 1 aromatic heterocycles. The zero-order valence-corrected chi connectivity index (χ0v) is 14.1. The number of benzene rings is 1. The molecule has 1 unspecified atom stereocenters. The Morgan fingerprint density at radius 1 is 1.17 bits per heavy atom. The third-order valence-electron chi connectivity index (χ3n) is 4.61. The second kappa shape index (κ2) is 6.49. The zero-order chi connectivity index (χ0) is 16.4. The molecule has 1 N–H and O–H groups in total. The Hall–Kier alpha value is -2.23. The number of carbonyl (C=O) groups is 1. The molecule has 0 spiro atoms. The summed E-state index contributed by atoms with van der Waals surface area (Å²) >= 11 is 0. The monoisotopic (exact) mass is 311 g/mol. The smallest absolute Gasteiger partial charge is 0.318 e. The maximum Gasteiger partial charge on any atom is 0.318 e. The topological polar surface area (TPSA) is 37.3 Å². The number of carbonyl (C=O) groups excluding carboxylic acids is 1. The summed E-state index contributed by atoms with van der Waals surface area (Å²) in [4.78, 5) is 14.7. The van der Waals surface area contributed by atoms with Crippen molar-refractivity contribution < 1.29 is 4.79 Å². The number of aryl methyl sites for hydroxylation is 1. The molecular weight excluding hydrogens is 286 g/mol. The molecule has 2 amide bonds. The standard InChI is InChI=1S/C19H25N3O/c1-14(2)18-17-10-9-15(3)21(17)11-12-22(18)19(23)20-13-16-7-5-4-6-8-16/h4-10,14,18H,11-13H2,1-3H3,(H,20,23). The van der Waals surface area contributed by atoms with Gasteiger partial charge in [-0.25, -0.2) is 4.79 Å². The van der Waals surface area contributed by atoms with Crippen molar-refractivity contribution in [1.82, 2.24) is 14.8 Å². The summed E-state index contributed by atoms with van der Waals surface area (Å²) < 4.78 is 2.34. The summed E-state index contributed by atoms with van der Waals surface area (Å²) in [5.74, 6) is 0.380. The Kier molecular flexibility index (Phi) is 4.42. The third-order valence-corrected chi connectivity index (χ3v) is 4.61. The van der Waals surface area contributed by atoms with E-state index >= 15 is 0 Å². The maximum atomic E-state index is 12.7. The van der Waals surface area contributed by atoms with Gasteiger partial charge in [-0.05, 0) is 30.5 Å². The third kappa shape index (κ3) is 3.11. The van der Waals surface area contributed by atoms with Gasteiger partial charge in [-0.15, -0.1) is 0 Å². The molecule has 23 heavy (non-hydrogen) atoms. The van der Waals surface area contributed by atoms with Crippen LogP contribution in [-0.2, 0) is 13.1 Å². The van der Waals surface area contributed by atoms with Crippen LogP contribution in [0.2, 0.25) is 0 Å². The largest absolute Gasteiger partial charge is 0.345 e. The van der Waals surface area contributed by atoms with Crippen LogP contribution in [0.25, 0.3) is 0 Å². The molecular formula is C19H25N3O. The average Bonchev–Trinajstić information content (AvgIpc) is 2.94. The Balaban J connectivity index is 1.75. The molecule has 4 nitrogen and oxygen atoms in total. The minimum atomic E-state index is 0.0256. The molecule has 1 aliphatic rings. The van der Waals surface area contributed by atoms with Crippen LogP contribution in [0, 0.1) is 12.8 Å². The first-order chi connectivity index (χ1) is 11.1. The number of fused-ring (bicyclic) bond motifs is 1. The average molecular weight is 311 g/mol. The summed E-state index contributed by atoms with van der Waals surface area (Å²) in [6.45, 7) is 8.69. The highest BCUT2D eigenvalue weighted by Crippen LogP contribution is 2.33. The molecule has 4 heteroatoms. The summed E-state index contributed by atoms with van der Waals surface area (Å²) in [5, 5.41) is 3.07. The second-order valence-electron chi connectivity index (χ2n) is 6.58. The van der Waals surface area contributed by atoms with Gasteiger partial charge in [0.2, 0.25) is 0 Å². The number of hydrogen-bond acceptors (Lipinski definition) is 1. The fraction of sp³-hybridized carbons (Fsp3) is 0.421. The lowest BCUT2D eigenvalue weighted by molar-refractivity contribution is 0.132. The Morgan fingerprint density at radius 3 is 2.61 bits per heavy atom. The molecule has 0 saturated heterocycles. The highest BCUT2D eigenvalue weighted by Gasteiger charge is 2.33. The van der Waals surface area contributed by atoms with Crippen LogP contribution in [0.15, 0.2) is 42.5 Å². The van der Waals surface area contributed by atoms with Crippen molar-refractivity contribution in [1.29, 1.82) is 0 Å². The molecule has 0 bridgehead atoms. The van der Waals surface area contributed by atoms with E-state index in [9.17, 15) is 4.79 Å². The van der Waals surface area contributed by atoms with E-state index in [0.29, 0.717) is 12.5 Å². The fourth-order valence-corrected chi connectivity index (χ4v) is 3.46. The number of amides is 2. The Labute approximate surface area is 138 Å². The lowest BCUT2D eigenvalue weighted by Gasteiger charge is -2.39. The van der Waals surface area contributed by atoms with E-state index in [1.165, 1.54) is 11.4 Å². The van der Waals surface area contributed by atoms with E-state index in [1.807, 2.05) is 35.2 Å². The Bertz CT molecular complexity index is 675. The number of hydrogen-bond donors (Lipinski definition) is 1. The summed E-state index contributed by atoms with van der Waals surface area (Å²) in [5.41, 5.74) is 3.65. The molecule has 1 atom stereocenters. The zero-order valence-electron chi connectivity index (χ0n) is 14.1. The van der Waals surface area contributed by atoms with Crippen LogP contribution < -0.4 is 5.32 Å². The number of urea groups is 1. The molecule has 0 aliphatic carbocycles. The summed E-state index contributed by atoms with van der Waals surface area (Å²) in [6, 6.07) is 14.5. The van der Waals surface area contributed by atoms with Gasteiger partial charge in [0.15, 0.2) is 0 Å². The molecule has 3 rings (SSSR count). The Morgan fingerprint density at radius 2 is 1.91 bits per heavy atom.